The number of aromatic nitrogens is 2. The fourth-order valence-electron chi connectivity index (χ4n) is 1.84. The molecule has 0 bridgehead atoms. The quantitative estimate of drug-likeness (QED) is 0.212. The first-order valence-corrected chi connectivity index (χ1v) is 14.5. The Bertz CT molecular complexity index is 898. The van der Waals surface area contributed by atoms with E-state index >= 15 is 0 Å². The summed E-state index contributed by atoms with van der Waals surface area (Å²) in [6, 6.07) is 11.2. The topological polar surface area (TPSA) is 77.8 Å². The summed E-state index contributed by atoms with van der Waals surface area (Å²) < 4.78 is 3.47. The maximum absolute atomic E-state index is 5.58. The van der Waals surface area contributed by atoms with Gasteiger partial charge in [-0.05, 0) is 54.5 Å². The Labute approximate surface area is 180 Å². The maximum atomic E-state index is 5.58. The van der Waals surface area contributed by atoms with Gasteiger partial charge in [-0.15, -0.1) is 0 Å². The summed E-state index contributed by atoms with van der Waals surface area (Å²) >= 11 is 12.4. The van der Waals surface area contributed by atoms with Crippen LogP contribution in [0, 0.1) is 0 Å². The third-order valence-corrected chi connectivity index (χ3v) is 5.09. The second kappa shape index (κ2) is 10.0. The summed E-state index contributed by atoms with van der Waals surface area (Å²) in [5, 5.41) is 0. The van der Waals surface area contributed by atoms with Crippen LogP contribution in [0.2, 0.25) is 0 Å². The normalized spacial score (nSPS) is 10.2. The van der Waals surface area contributed by atoms with Gasteiger partial charge in [0.2, 0.25) is 0 Å². The van der Waals surface area contributed by atoms with Gasteiger partial charge in [0.25, 0.3) is 0 Å². The number of benzene rings is 2. The number of thiazole rings is 2. The number of halogens is 2. The Hall–Kier alpha value is -0.472. The first-order valence-electron chi connectivity index (χ1n) is 6.41. The van der Waals surface area contributed by atoms with E-state index in [2.05, 4.69) is 9.97 Å². The van der Waals surface area contributed by atoms with Crippen molar-refractivity contribution in [1.29, 1.82) is 0 Å². The van der Waals surface area contributed by atoms with Gasteiger partial charge in [-0.1, -0.05) is 0 Å². The summed E-state index contributed by atoms with van der Waals surface area (Å²) in [5.41, 5.74) is 14.6. The molecule has 0 fully saturated rings. The molecular formula is C14H10Cl2N4PtS4. The molecule has 25 heavy (non-hydrogen) atoms. The van der Waals surface area contributed by atoms with Crippen molar-refractivity contribution in [1.82, 2.24) is 9.97 Å². The minimum atomic E-state index is -0.472. The van der Waals surface area contributed by atoms with E-state index in [1.165, 1.54) is 22.7 Å². The Balaban J connectivity index is 0.000000156. The number of fused-ring (bicyclic) bond motifs is 2. The van der Waals surface area contributed by atoms with Crippen LogP contribution in [0.5, 0.6) is 0 Å². The summed E-state index contributed by atoms with van der Waals surface area (Å²) in [6.07, 6.45) is 0. The molecule has 11 heteroatoms. The minimum absolute atomic E-state index is 0.472. The molecule has 0 unspecified atom stereocenters. The number of nitrogens with zero attached hydrogens (tertiary/aromatic N) is 2. The Kier molecular flexibility index (Phi) is 8.35. The summed E-state index contributed by atoms with van der Waals surface area (Å²) in [7, 11) is 9.75. The van der Waals surface area contributed by atoms with Crippen molar-refractivity contribution in [2.45, 2.75) is 8.68 Å². The molecule has 134 valence electrons. The van der Waals surface area contributed by atoms with Gasteiger partial charge in [0.15, 0.2) is 0 Å². The number of hydrogen-bond acceptors (Lipinski definition) is 8. The fraction of sp³-hybridized carbons (Fsp3) is 0. The molecule has 0 saturated carbocycles. The molecule has 0 amide bonds. The average Bonchev–Trinajstić information content (AvgIpc) is 3.08. The SMILES string of the molecule is Nc1ccc2nc([S-])sc2c1.Nc1ccc2nc([S-])sc2c1.[Cl][Pt+2][Cl]. The zero-order chi connectivity index (χ0) is 18.4. The van der Waals surface area contributed by atoms with Crippen molar-refractivity contribution in [3.05, 3.63) is 36.4 Å². The average molecular weight is 629 g/mol. The number of hydrogen-bond donors (Lipinski definition) is 2. The molecule has 2 aromatic heterocycles. The van der Waals surface area contributed by atoms with Crippen LogP contribution >= 0.6 is 41.5 Å². The van der Waals surface area contributed by atoms with Crippen LogP contribution in [0.1, 0.15) is 0 Å². The molecular weight excluding hydrogens is 618 g/mol. The third kappa shape index (κ3) is 6.32. The Morgan fingerprint density at radius 2 is 1.16 bits per heavy atom. The van der Waals surface area contributed by atoms with E-state index in [0.29, 0.717) is 8.68 Å². The van der Waals surface area contributed by atoms with E-state index < -0.39 is 16.5 Å². The van der Waals surface area contributed by atoms with Gasteiger partial charge >= 0.3 is 35.3 Å². The van der Waals surface area contributed by atoms with Crippen LogP contribution in [0.15, 0.2) is 45.1 Å². The van der Waals surface area contributed by atoms with Crippen molar-refractivity contribution in [3.8, 4) is 0 Å². The molecule has 0 atom stereocenters. The zero-order valence-electron chi connectivity index (χ0n) is 12.2. The Morgan fingerprint density at radius 3 is 1.52 bits per heavy atom. The van der Waals surface area contributed by atoms with Gasteiger partial charge in [-0.2, -0.15) is 0 Å². The number of anilines is 2. The summed E-state index contributed by atoms with van der Waals surface area (Å²) in [5.74, 6) is 0. The van der Waals surface area contributed by atoms with Gasteiger partial charge in [-0.25, -0.2) is 0 Å². The molecule has 0 aliphatic heterocycles. The summed E-state index contributed by atoms with van der Waals surface area (Å²) in [4.78, 5) is 8.26. The third-order valence-electron chi connectivity index (χ3n) is 2.79. The van der Waals surface area contributed by atoms with Crippen molar-refractivity contribution in [2.24, 2.45) is 0 Å². The molecule has 0 aliphatic rings. The van der Waals surface area contributed by atoms with Gasteiger partial charge in [0.05, 0.1) is 11.0 Å². The van der Waals surface area contributed by atoms with Crippen LogP contribution in [-0.4, -0.2) is 9.97 Å². The van der Waals surface area contributed by atoms with Crippen LogP contribution in [0.25, 0.3) is 20.4 Å². The molecule has 4 aromatic rings. The van der Waals surface area contributed by atoms with Crippen LogP contribution in [0.3, 0.4) is 0 Å². The van der Waals surface area contributed by atoms with E-state index in [1.807, 2.05) is 36.4 Å². The molecule has 4 N–H and O–H groups in total. The van der Waals surface area contributed by atoms with E-state index in [9.17, 15) is 0 Å². The van der Waals surface area contributed by atoms with Gasteiger partial charge < -0.3 is 59.4 Å². The molecule has 4 rings (SSSR count). The van der Waals surface area contributed by atoms with Gasteiger partial charge in [0.1, 0.15) is 0 Å². The fourth-order valence-corrected chi connectivity index (χ4v) is 4.07. The van der Waals surface area contributed by atoms with E-state index in [4.69, 9.17) is 55.6 Å². The molecule has 0 spiro atoms. The van der Waals surface area contributed by atoms with Gasteiger partial charge in [-0.3, -0.25) is 9.97 Å². The molecule has 0 aliphatic carbocycles. The molecule has 0 radical (unpaired) electrons. The standard InChI is InChI=1S/2C7H6N2S2.2ClH.Pt/c2*8-4-1-2-5-6(3-4)11-7(10)9-5;;;/h2*1-3H,8H2,(H,9,10);2*1H;/q;;;;+4/p-4. The van der Waals surface area contributed by atoms with Crippen molar-refractivity contribution in [2.75, 3.05) is 11.5 Å². The van der Waals surface area contributed by atoms with Crippen LogP contribution < -0.4 is 11.5 Å². The molecule has 4 nitrogen and oxygen atoms in total. The van der Waals surface area contributed by atoms with Gasteiger partial charge in [0, 0.05) is 11.4 Å². The molecule has 2 heterocycles. The number of nitrogens with two attached hydrogens (primary N) is 2. The zero-order valence-corrected chi connectivity index (χ0v) is 19.3. The van der Waals surface area contributed by atoms with Crippen molar-refractivity contribution >= 4 is 98.6 Å². The Morgan fingerprint density at radius 1 is 0.800 bits per heavy atom. The second-order valence-electron chi connectivity index (χ2n) is 4.46. The molecule has 0 saturated heterocycles. The van der Waals surface area contributed by atoms with E-state index in [-0.39, 0.29) is 0 Å². The van der Waals surface area contributed by atoms with Crippen molar-refractivity contribution < 1.29 is 16.5 Å². The predicted molar refractivity (Wildman–Crippen MR) is 111 cm³/mol. The predicted octanol–water partition coefficient (Wildman–Crippen LogP) is 4.95. The first kappa shape index (κ1) is 20.8. The second-order valence-corrected chi connectivity index (χ2v) is 11.1. The van der Waals surface area contributed by atoms with Crippen molar-refractivity contribution in [3.63, 3.8) is 0 Å². The number of rotatable bonds is 0. The van der Waals surface area contributed by atoms with Crippen LogP contribution in [0.4, 0.5) is 11.4 Å². The number of nitrogen functional groups attached to an aromatic ring is 2. The summed E-state index contributed by atoms with van der Waals surface area (Å²) in [6.45, 7) is 0. The first-order chi connectivity index (χ1) is 11.9. The molecule has 2 aromatic carbocycles. The van der Waals surface area contributed by atoms with Crippen LogP contribution in [-0.2, 0) is 41.7 Å². The monoisotopic (exact) mass is 627 g/mol. The van der Waals surface area contributed by atoms with E-state index in [1.54, 1.807) is 0 Å². The van der Waals surface area contributed by atoms with E-state index in [0.717, 1.165) is 31.8 Å².